The van der Waals surface area contributed by atoms with E-state index in [9.17, 15) is 9.90 Å². The molecule has 0 aromatic carbocycles. The smallest absolute Gasteiger partial charge is 0.265 e. The van der Waals surface area contributed by atoms with Gasteiger partial charge in [-0.1, -0.05) is 25.2 Å². The van der Waals surface area contributed by atoms with Crippen LogP contribution in [0.1, 0.15) is 36.4 Å². The predicted octanol–water partition coefficient (Wildman–Crippen LogP) is 1.05. The van der Waals surface area contributed by atoms with Crippen molar-refractivity contribution < 1.29 is 9.90 Å². The summed E-state index contributed by atoms with van der Waals surface area (Å²) in [5, 5.41) is 15.8. The summed E-state index contributed by atoms with van der Waals surface area (Å²) in [7, 11) is 0. The van der Waals surface area contributed by atoms with Crippen molar-refractivity contribution in [1.82, 2.24) is 10.3 Å². The molecule has 0 aliphatic heterocycles. The number of carbonyl (C=O) groups excluding carboxylic acids is 1. The van der Waals surface area contributed by atoms with Crippen LogP contribution in [0.2, 0.25) is 0 Å². The molecule has 7 heteroatoms. The minimum Gasteiger partial charge on any atom is -0.394 e. The van der Waals surface area contributed by atoms with Gasteiger partial charge in [0.25, 0.3) is 5.91 Å². The lowest BCUT2D eigenvalue weighted by molar-refractivity contribution is 0.0911. The second kappa shape index (κ2) is 5.34. The van der Waals surface area contributed by atoms with E-state index in [0.29, 0.717) is 15.9 Å². The molecule has 5 N–H and O–H groups in total. The van der Waals surface area contributed by atoms with Gasteiger partial charge in [-0.15, -0.1) is 0 Å². The number of thiazole rings is 1. The van der Waals surface area contributed by atoms with Crippen LogP contribution < -0.4 is 16.4 Å². The van der Waals surface area contributed by atoms with Gasteiger partial charge in [-0.05, 0) is 18.8 Å². The molecule has 1 heterocycles. The maximum atomic E-state index is 12.1. The monoisotopic (exact) mass is 284 g/mol. The molecule has 0 atom stereocenters. The molecule has 0 spiro atoms. The molecule has 6 nitrogen and oxygen atoms in total. The zero-order valence-corrected chi connectivity index (χ0v) is 12.0. The number of amides is 1. The van der Waals surface area contributed by atoms with Gasteiger partial charge in [0.1, 0.15) is 10.7 Å². The number of aliphatic hydroxyl groups excluding tert-OH is 1. The third-order valence-electron chi connectivity index (χ3n) is 3.06. The van der Waals surface area contributed by atoms with Crippen molar-refractivity contribution >= 4 is 28.2 Å². The number of aliphatic hydroxyl groups is 1. The fourth-order valence-corrected chi connectivity index (χ4v) is 2.42. The molecular weight excluding hydrogens is 264 g/mol. The Morgan fingerprint density at radius 3 is 2.79 bits per heavy atom. The molecule has 0 saturated heterocycles. The fraction of sp³-hybridized carbons (Fsp3) is 0.667. The Morgan fingerprint density at radius 2 is 2.26 bits per heavy atom. The second-order valence-corrected chi connectivity index (χ2v) is 6.40. The first-order valence-electron chi connectivity index (χ1n) is 6.39. The van der Waals surface area contributed by atoms with Crippen LogP contribution in [0.5, 0.6) is 0 Å². The summed E-state index contributed by atoms with van der Waals surface area (Å²) in [6, 6.07) is 0. The molecule has 2 rings (SSSR count). The minimum absolute atomic E-state index is 0.0318. The molecule has 1 aromatic heterocycles. The number of nitrogen functional groups attached to an aromatic ring is 1. The van der Waals surface area contributed by atoms with E-state index < -0.39 is 5.54 Å². The Balaban J connectivity index is 2.01. The van der Waals surface area contributed by atoms with Crippen LogP contribution in [0, 0.1) is 5.92 Å². The van der Waals surface area contributed by atoms with E-state index in [1.807, 2.05) is 0 Å². The number of hydrogen-bond acceptors (Lipinski definition) is 6. The summed E-state index contributed by atoms with van der Waals surface area (Å²) in [5.74, 6) is 0.480. The molecule has 0 unspecified atom stereocenters. The Bertz CT molecular complexity index is 468. The van der Waals surface area contributed by atoms with Gasteiger partial charge < -0.3 is 21.5 Å². The molecule has 1 fully saturated rings. The first-order valence-corrected chi connectivity index (χ1v) is 7.21. The first kappa shape index (κ1) is 14.1. The van der Waals surface area contributed by atoms with Crippen LogP contribution in [-0.4, -0.2) is 34.7 Å². The van der Waals surface area contributed by atoms with Gasteiger partial charge in [0.05, 0.1) is 12.1 Å². The standard InChI is InChI=1S/C12H20N4O2S/c1-7(2)5-14-11-15-9(13)8(19-11)10(18)16-12(6-17)3-4-12/h7,17H,3-6,13H2,1-2H3,(H,14,15)(H,16,18). The maximum absolute atomic E-state index is 12.1. The maximum Gasteiger partial charge on any atom is 0.265 e. The number of anilines is 2. The highest BCUT2D eigenvalue weighted by Gasteiger charge is 2.44. The summed E-state index contributed by atoms with van der Waals surface area (Å²) < 4.78 is 0. The number of hydrogen-bond donors (Lipinski definition) is 4. The lowest BCUT2D eigenvalue weighted by Crippen LogP contribution is -2.39. The van der Waals surface area contributed by atoms with Crippen molar-refractivity contribution in [3.05, 3.63) is 4.88 Å². The van der Waals surface area contributed by atoms with Crippen molar-refractivity contribution in [3.63, 3.8) is 0 Å². The summed E-state index contributed by atoms with van der Waals surface area (Å²) >= 11 is 1.25. The average molecular weight is 284 g/mol. The fourth-order valence-electron chi connectivity index (χ4n) is 1.63. The minimum atomic E-state index is -0.432. The molecule has 1 aromatic rings. The van der Waals surface area contributed by atoms with E-state index in [1.54, 1.807) is 0 Å². The zero-order valence-electron chi connectivity index (χ0n) is 11.2. The van der Waals surface area contributed by atoms with E-state index in [0.717, 1.165) is 19.4 Å². The quantitative estimate of drug-likeness (QED) is 0.625. The van der Waals surface area contributed by atoms with E-state index in [2.05, 4.69) is 29.5 Å². The number of carbonyl (C=O) groups is 1. The Morgan fingerprint density at radius 1 is 1.58 bits per heavy atom. The molecule has 1 amide bonds. The summed E-state index contributed by atoms with van der Waals surface area (Å²) in [5.41, 5.74) is 5.33. The van der Waals surface area contributed by atoms with Crippen LogP contribution in [0.25, 0.3) is 0 Å². The molecule has 1 aliphatic rings. The van der Waals surface area contributed by atoms with Crippen LogP contribution >= 0.6 is 11.3 Å². The number of rotatable bonds is 6. The lowest BCUT2D eigenvalue weighted by atomic mass is 10.2. The highest BCUT2D eigenvalue weighted by atomic mass is 32.1. The Kier molecular flexibility index (Phi) is 3.96. The Labute approximate surface area is 116 Å². The van der Waals surface area contributed by atoms with Gasteiger partial charge in [0.15, 0.2) is 5.13 Å². The third kappa shape index (κ3) is 3.36. The van der Waals surface area contributed by atoms with Crippen LogP contribution in [0.3, 0.4) is 0 Å². The van der Waals surface area contributed by atoms with Crippen molar-refractivity contribution in [1.29, 1.82) is 0 Å². The highest BCUT2D eigenvalue weighted by Crippen LogP contribution is 2.35. The zero-order chi connectivity index (χ0) is 14.0. The second-order valence-electron chi connectivity index (χ2n) is 5.40. The molecule has 1 aliphatic carbocycles. The van der Waals surface area contributed by atoms with Gasteiger partial charge in [-0.3, -0.25) is 4.79 Å². The molecule has 0 bridgehead atoms. The molecule has 106 valence electrons. The Hall–Kier alpha value is -1.34. The first-order chi connectivity index (χ1) is 8.96. The molecule has 1 saturated carbocycles. The van der Waals surface area contributed by atoms with E-state index in [-0.39, 0.29) is 18.3 Å². The topological polar surface area (TPSA) is 100 Å². The van der Waals surface area contributed by atoms with Crippen molar-refractivity contribution in [2.24, 2.45) is 5.92 Å². The van der Waals surface area contributed by atoms with Crippen molar-refractivity contribution in [2.75, 3.05) is 24.2 Å². The van der Waals surface area contributed by atoms with Gasteiger partial charge in [0, 0.05) is 6.54 Å². The number of nitrogens with zero attached hydrogens (tertiary/aromatic N) is 1. The molecule has 19 heavy (non-hydrogen) atoms. The van der Waals surface area contributed by atoms with E-state index in [1.165, 1.54) is 11.3 Å². The van der Waals surface area contributed by atoms with E-state index >= 15 is 0 Å². The normalized spacial score (nSPS) is 16.4. The van der Waals surface area contributed by atoms with Gasteiger partial charge in [-0.2, -0.15) is 0 Å². The summed E-state index contributed by atoms with van der Waals surface area (Å²) in [4.78, 5) is 16.6. The van der Waals surface area contributed by atoms with Gasteiger partial charge >= 0.3 is 0 Å². The van der Waals surface area contributed by atoms with E-state index in [4.69, 9.17) is 5.73 Å². The number of nitrogens with two attached hydrogens (primary N) is 1. The number of nitrogens with one attached hydrogen (secondary N) is 2. The van der Waals surface area contributed by atoms with Crippen LogP contribution in [-0.2, 0) is 0 Å². The van der Waals surface area contributed by atoms with Gasteiger partial charge in [0.2, 0.25) is 0 Å². The van der Waals surface area contributed by atoms with Crippen molar-refractivity contribution in [2.45, 2.75) is 32.2 Å². The molecule has 0 radical (unpaired) electrons. The van der Waals surface area contributed by atoms with Gasteiger partial charge in [-0.25, -0.2) is 4.98 Å². The lowest BCUT2D eigenvalue weighted by Gasteiger charge is -2.13. The largest absolute Gasteiger partial charge is 0.394 e. The highest BCUT2D eigenvalue weighted by molar-refractivity contribution is 7.18. The summed E-state index contributed by atoms with van der Waals surface area (Å²) in [6.45, 7) is 4.94. The average Bonchev–Trinajstić information content (AvgIpc) is 3.02. The molecular formula is C12H20N4O2S. The number of aromatic nitrogens is 1. The van der Waals surface area contributed by atoms with Crippen LogP contribution in [0.4, 0.5) is 10.9 Å². The predicted molar refractivity (Wildman–Crippen MR) is 76.4 cm³/mol. The third-order valence-corrected chi connectivity index (χ3v) is 4.08. The van der Waals surface area contributed by atoms with Crippen molar-refractivity contribution in [3.8, 4) is 0 Å². The van der Waals surface area contributed by atoms with Crippen LogP contribution in [0.15, 0.2) is 0 Å². The SMILES string of the molecule is CC(C)CNc1nc(N)c(C(=O)NC2(CO)CC2)s1. The summed E-state index contributed by atoms with van der Waals surface area (Å²) in [6.07, 6.45) is 1.62.